The van der Waals surface area contributed by atoms with Crippen LogP contribution in [0, 0.1) is 5.92 Å². The van der Waals surface area contributed by atoms with Crippen molar-refractivity contribution in [2.45, 2.75) is 69.7 Å². The van der Waals surface area contributed by atoms with Gasteiger partial charge in [-0.25, -0.2) is 0 Å². The molecule has 0 heterocycles. The van der Waals surface area contributed by atoms with E-state index >= 15 is 0 Å². The van der Waals surface area contributed by atoms with Crippen LogP contribution in [0.15, 0.2) is 0 Å². The van der Waals surface area contributed by atoms with E-state index in [1.165, 1.54) is 38.5 Å². The summed E-state index contributed by atoms with van der Waals surface area (Å²) >= 11 is 3.52. The highest BCUT2D eigenvalue weighted by Gasteiger charge is 2.37. The van der Waals surface area contributed by atoms with Gasteiger partial charge in [0.25, 0.3) is 0 Å². The summed E-state index contributed by atoms with van der Waals surface area (Å²) in [4.78, 5) is 11.9. The third-order valence-corrected chi connectivity index (χ3v) is 5.55. The van der Waals surface area contributed by atoms with E-state index in [1.807, 2.05) is 0 Å². The van der Waals surface area contributed by atoms with Gasteiger partial charge in [0, 0.05) is 17.3 Å². The van der Waals surface area contributed by atoms with Crippen LogP contribution in [0.4, 0.5) is 0 Å². The first-order valence-corrected chi connectivity index (χ1v) is 8.23. The molecule has 0 aromatic heterocycles. The lowest BCUT2D eigenvalue weighted by molar-refractivity contribution is -0.124. The summed E-state index contributed by atoms with van der Waals surface area (Å²) in [6.45, 7) is 0. The number of hydrogen-bond acceptors (Lipinski definition) is 1. The molecule has 0 aliphatic heterocycles. The monoisotopic (exact) mass is 301 g/mol. The molecule has 98 valence electrons. The number of alkyl halides is 1. The lowest BCUT2D eigenvalue weighted by atomic mass is 9.78. The van der Waals surface area contributed by atoms with E-state index < -0.39 is 0 Å². The van der Waals surface area contributed by atoms with Gasteiger partial charge in [0.15, 0.2) is 0 Å². The van der Waals surface area contributed by atoms with Gasteiger partial charge in [-0.05, 0) is 31.6 Å². The number of rotatable bonds is 5. The zero-order chi connectivity index (χ0) is 12.1. The summed E-state index contributed by atoms with van der Waals surface area (Å²) < 4.78 is 0. The molecule has 2 aliphatic carbocycles. The Bertz CT molecular complexity index is 251. The Morgan fingerprint density at radius 1 is 1.18 bits per heavy atom. The maximum atomic E-state index is 11.9. The van der Waals surface area contributed by atoms with Crippen molar-refractivity contribution in [3.05, 3.63) is 0 Å². The SMILES string of the molecule is O=C(CCC1CCCCC1)NC1(CBr)CCC1. The lowest BCUT2D eigenvalue weighted by Gasteiger charge is -2.41. The highest BCUT2D eigenvalue weighted by atomic mass is 79.9. The summed E-state index contributed by atoms with van der Waals surface area (Å²) in [5.74, 6) is 1.09. The summed E-state index contributed by atoms with van der Waals surface area (Å²) in [6, 6.07) is 0. The van der Waals surface area contributed by atoms with Crippen molar-refractivity contribution < 1.29 is 4.79 Å². The molecule has 0 bridgehead atoms. The van der Waals surface area contributed by atoms with Gasteiger partial charge >= 0.3 is 0 Å². The van der Waals surface area contributed by atoms with E-state index in [4.69, 9.17) is 0 Å². The molecule has 0 aromatic carbocycles. The fourth-order valence-corrected chi connectivity index (χ4v) is 3.77. The largest absolute Gasteiger partial charge is 0.350 e. The summed E-state index contributed by atoms with van der Waals surface area (Å²) in [6.07, 6.45) is 12.2. The third-order valence-electron chi connectivity index (χ3n) is 4.48. The zero-order valence-electron chi connectivity index (χ0n) is 10.6. The van der Waals surface area contributed by atoms with Crippen molar-refractivity contribution in [1.82, 2.24) is 5.32 Å². The molecule has 2 aliphatic rings. The molecule has 0 spiro atoms. The van der Waals surface area contributed by atoms with Crippen LogP contribution in [-0.4, -0.2) is 16.8 Å². The Hall–Kier alpha value is -0.0500. The minimum absolute atomic E-state index is 0.101. The van der Waals surface area contributed by atoms with Gasteiger partial charge in [-0.1, -0.05) is 48.0 Å². The Balaban J connectivity index is 1.66. The molecule has 0 atom stereocenters. The number of amides is 1. The molecule has 0 radical (unpaired) electrons. The van der Waals surface area contributed by atoms with Crippen LogP contribution in [0.2, 0.25) is 0 Å². The standard InChI is InChI=1S/C14H24BrNO/c15-11-14(9-4-10-14)16-13(17)8-7-12-5-2-1-3-6-12/h12H,1-11H2,(H,16,17). The number of carbonyl (C=O) groups excluding carboxylic acids is 1. The van der Waals surface area contributed by atoms with Gasteiger partial charge in [0.2, 0.25) is 5.91 Å². The average Bonchev–Trinajstić information content (AvgIpc) is 2.33. The molecular formula is C14H24BrNO. The highest BCUT2D eigenvalue weighted by molar-refractivity contribution is 9.09. The summed E-state index contributed by atoms with van der Waals surface area (Å²) in [5.41, 5.74) is 0.101. The van der Waals surface area contributed by atoms with Crippen molar-refractivity contribution in [3.8, 4) is 0 Å². The van der Waals surface area contributed by atoms with Crippen LogP contribution < -0.4 is 5.32 Å². The van der Waals surface area contributed by atoms with Crippen molar-refractivity contribution in [2.75, 3.05) is 5.33 Å². The van der Waals surface area contributed by atoms with E-state index in [1.54, 1.807) is 0 Å². The molecule has 3 heteroatoms. The van der Waals surface area contributed by atoms with Gasteiger partial charge < -0.3 is 5.32 Å². The average molecular weight is 302 g/mol. The summed E-state index contributed by atoms with van der Waals surface area (Å²) in [7, 11) is 0. The van der Waals surface area contributed by atoms with Crippen molar-refractivity contribution in [1.29, 1.82) is 0 Å². The van der Waals surface area contributed by atoms with Gasteiger partial charge in [-0.2, -0.15) is 0 Å². The molecule has 2 fully saturated rings. The molecule has 0 unspecified atom stereocenters. The van der Waals surface area contributed by atoms with E-state index in [2.05, 4.69) is 21.2 Å². The van der Waals surface area contributed by atoms with E-state index in [-0.39, 0.29) is 11.4 Å². The maximum Gasteiger partial charge on any atom is 0.220 e. The fourth-order valence-electron chi connectivity index (χ4n) is 3.06. The second-order valence-electron chi connectivity index (χ2n) is 5.86. The molecule has 1 amide bonds. The van der Waals surface area contributed by atoms with Crippen molar-refractivity contribution in [2.24, 2.45) is 5.92 Å². The zero-order valence-corrected chi connectivity index (χ0v) is 12.2. The smallest absolute Gasteiger partial charge is 0.220 e. The van der Waals surface area contributed by atoms with Gasteiger partial charge in [-0.3, -0.25) is 4.79 Å². The Labute approximate surface area is 113 Å². The molecule has 17 heavy (non-hydrogen) atoms. The first kappa shape index (κ1) is 13.4. The first-order chi connectivity index (χ1) is 8.24. The Morgan fingerprint density at radius 3 is 2.41 bits per heavy atom. The van der Waals surface area contributed by atoms with Crippen LogP contribution in [0.1, 0.15) is 64.2 Å². The topological polar surface area (TPSA) is 29.1 Å². The van der Waals surface area contributed by atoms with E-state index in [9.17, 15) is 4.79 Å². The second kappa shape index (κ2) is 6.21. The molecule has 2 saturated carbocycles. The predicted octanol–water partition coefficient (Wildman–Crippen LogP) is 3.78. The molecule has 2 nitrogen and oxygen atoms in total. The van der Waals surface area contributed by atoms with E-state index in [0.29, 0.717) is 0 Å². The number of nitrogens with one attached hydrogen (secondary N) is 1. The number of hydrogen-bond donors (Lipinski definition) is 1. The van der Waals surface area contributed by atoms with Crippen LogP contribution >= 0.6 is 15.9 Å². The maximum absolute atomic E-state index is 11.9. The van der Waals surface area contributed by atoms with Crippen LogP contribution in [0.25, 0.3) is 0 Å². The normalized spacial score (nSPS) is 24.1. The van der Waals surface area contributed by atoms with Crippen molar-refractivity contribution in [3.63, 3.8) is 0 Å². The quantitative estimate of drug-likeness (QED) is 0.769. The molecule has 0 saturated heterocycles. The predicted molar refractivity (Wildman–Crippen MR) is 74.3 cm³/mol. The summed E-state index contributed by atoms with van der Waals surface area (Å²) in [5, 5.41) is 4.15. The third kappa shape index (κ3) is 3.70. The van der Waals surface area contributed by atoms with Crippen LogP contribution in [0.5, 0.6) is 0 Å². The highest BCUT2D eigenvalue weighted by Crippen LogP contribution is 2.34. The first-order valence-electron chi connectivity index (χ1n) is 7.11. The second-order valence-corrected chi connectivity index (χ2v) is 6.42. The lowest BCUT2D eigenvalue weighted by Crippen LogP contribution is -2.54. The molecule has 0 aromatic rings. The van der Waals surface area contributed by atoms with Crippen molar-refractivity contribution >= 4 is 21.8 Å². The Morgan fingerprint density at radius 2 is 1.88 bits per heavy atom. The molecule has 1 N–H and O–H groups in total. The fraction of sp³-hybridized carbons (Fsp3) is 0.929. The van der Waals surface area contributed by atoms with Gasteiger partial charge in [0.1, 0.15) is 0 Å². The van der Waals surface area contributed by atoms with Crippen LogP contribution in [-0.2, 0) is 4.79 Å². The minimum atomic E-state index is 0.101. The minimum Gasteiger partial charge on any atom is -0.350 e. The molecular weight excluding hydrogens is 278 g/mol. The van der Waals surface area contributed by atoms with Gasteiger partial charge in [-0.15, -0.1) is 0 Å². The number of halogens is 1. The number of carbonyl (C=O) groups is 1. The van der Waals surface area contributed by atoms with E-state index in [0.717, 1.165) is 36.9 Å². The van der Waals surface area contributed by atoms with Crippen LogP contribution in [0.3, 0.4) is 0 Å². The van der Waals surface area contributed by atoms with Gasteiger partial charge in [0.05, 0.1) is 0 Å². The Kier molecular flexibility index (Phi) is 4.89. The molecule has 2 rings (SSSR count).